The molecule has 0 aliphatic heterocycles. The molecule has 0 N–H and O–H groups in total. The molecule has 24 heavy (non-hydrogen) atoms. The molecule has 3 nitrogen and oxygen atoms in total. The Morgan fingerprint density at radius 3 is 1.08 bits per heavy atom. The SMILES string of the molecule is Cc1cccc(C)n1.[I][Ir]([I])[I].c1ccncc1.c1ccncc1. The summed E-state index contributed by atoms with van der Waals surface area (Å²) in [6, 6.07) is 17.4. The quantitative estimate of drug-likeness (QED) is 0.243. The van der Waals surface area contributed by atoms with Crippen molar-refractivity contribution in [1.29, 1.82) is 0 Å². The van der Waals surface area contributed by atoms with Crippen LogP contribution in [-0.4, -0.2) is 15.0 Å². The van der Waals surface area contributed by atoms with E-state index in [-0.39, 0.29) is 0 Å². The molecule has 0 aromatic carbocycles. The molecule has 7 heteroatoms. The van der Waals surface area contributed by atoms with E-state index in [1.165, 1.54) is 0 Å². The number of aromatic nitrogens is 3. The molecule has 0 aliphatic carbocycles. The standard InChI is InChI=1S/C7H9N.2C5H5N.3HI.Ir/c1-6-4-3-5-7(2)8-6;2*1-2-4-6-5-3-1;;;;/h3-5H,1-2H3;2*1-5H;3*1H;/q;;;;;;+3/p-3. The average Bonchev–Trinajstić information content (AvgIpc) is 2.58. The van der Waals surface area contributed by atoms with E-state index in [2.05, 4.69) is 73.7 Å². The first-order chi connectivity index (χ1) is 11.5. The molecule has 132 valence electrons. The zero-order chi connectivity index (χ0) is 18.0. The van der Waals surface area contributed by atoms with Gasteiger partial charge in [-0.25, -0.2) is 0 Å². The maximum absolute atomic E-state index is 4.17. The fraction of sp³-hybridized carbons (Fsp3) is 0.118. The van der Waals surface area contributed by atoms with E-state index in [9.17, 15) is 0 Å². The van der Waals surface area contributed by atoms with Gasteiger partial charge in [0.15, 0.2) is 0 Å². The van der Waals surface area contributed by atoms with Gasteiger partial charge in [-0.15, -0.1) is 0 Å². The minimum atomic E-state index is -0.423. The third-order valence-corrected chi connectivity index (χ3v) is 2.16. The topological polar surface area (TPSA) is 38.7 Å². The van der Waals surface area contributed by atoms with E-state index in [4.69, 9.17) is 0 Å². The smallest absolute Gasteiger partial charge is 0.0267 e. The molecule has 0 fully saturated rings. The molecule has 0 radical (unpaired) electrons. The van der Waals surface area contributed by atoms with Gasteiger partial charge in [0, 0.05) is 36.2 Å². The number of hydrogen-bond donors (Lipinski definition) is 0. The fourth-order valence-electron chi connectivity index (χ4n) is 1.30. The Labute approximate surface area is 181 Å². The van der Waals surface area contributed by atoms with E-state index >= 15 is 0 Å². The molecule has 0 spiro atoms. The predicted octanol–water partition coefficient (Wildman–Crippen LogP) is 6.52. The first-order valence-electron chi connectivity index (χ1n) is 6.77. The summed E-state index contributed by atoms with van der Waals surface area (Å²) in [5.41, 5.74) is 2.18. The zero-order valence-corrected chi connectivity index (χ0v) is 22.2. The van der Waals surface area contributed by atoms with Gasteiger partial charge in [0.25, 0.3) is 0 Å². The minimum Gasteiger partial charge on any atom is -0.265 e. The van der Waals surface area contributed by atoms with Gasteiger partial charge in [-0.1, -0.05) is 18.2 Å². The normalized spacial score (nSPS) is 8.96. The van der Waals surface area contributed by atoms with Crippen LogP contribution >= 0.6 is 58.8 Å². The van der Waals surface area contributed by atoms with Crippen LogP contribution in [0, 0.1) is 13.8 Å². The van der Waals surface area contributed by atoms with Gasteiger partial charge in [-0.3, -0.25) is 15.0 Å². The molecular formula is C17H19I3IrN3. The van der Waals surface area contributed by atoms with Crippen LogP contribution in [-0.2, 0) is 5.75 Å². The van der Waals surface area contributed by atoms with Crippen molar-refractivity contribution >= 4 is 58.8 Å². The molecule has 0 saturated carbocycles. The molecule has 3 aromatic heterocycles. The second-order valence-corrected chi connectivity index (χ2v) is 56.6. The van der Waals surface area contributed by atoms with Crippen molar-refractivity contribution < 1.29 is 5.75 Å². The van der Waals surface area contributed by atoms with E-state index < -0.39 is 5.75 Å². The monoisotopic (exact) mass is 839 g/mol. The molecular weight excluding hydrogens is 819 g/mol. The first kappa shape index (κ1) is 24.3. The third kappa shape index (κ3) is 20.3. The van der Waals surface area contributed by atoms with Gasteiger partial charge < -0.3 is 0 Å². The van der Waals surface area contributed by atoms with Crippen molar-refractivity contribution in [2.75, 3.05) is 0 Å². The molecule has 0 aliphatic rings. The van der Waals surface area contributed by atoms with Gasteiger partial charge in [0.2, 0.25) is 0 Å². The number of halogens is 3. The number of nitrogens with zero attached hydrogens (tertiary/aromatic N) is 3. The Bertz CT molecular complexity index is 509. The maximum atomic E-state index is 4.17. The van der Waals surface area contributed by atoms with Gasteiger partial charge in [0.1, 0.15) is 0 Å². The summed E-state index contributed by atoms with van der Waals surface area (Å²) in [6.45, 7) is 3.99. The van der Waals surface area contributed by atoms with Crippen molar-refractivity contribution in [2.45, 2.75) is 13.8 Å². The fourth-order valence-corrected chi connectivity index (χ4v) is 1.30. The second kappa shape index (κ2) is 18.1. The second-order valence-electron chi connectivity index (χ2n) is 4.11. The Morgan fingerprint density at radius 2 is 0.958 bits per heavy atom. The summed E-state index contributed by atoms with van der Waals surface area (Å²) in [5.74, 6) is -0.423. The molecule has 0 atom stereocenters. The number of rotatable bonds is 0. The van der Waals surface area contributed by atoms with E-state index in [1.807, 2.05) is 68.4 Å². The first-order valence-corrected chi connectivity index (χ1v) is 27.1. The van der Waals surface area contributed by atoms with Crippen molar-refractivity contribution in [2.24, 2.45) is 0 Å². The van der Waals surface area contributed by atoms with Crippen LogP contribution < -0.4 is 0 Å². The summed E-state index contributed by atoms with van der Waals surface area (Å²) in [7, 11) is 0. The van der Waals surface area contributed by atoms with Crippen LogP contribution in [0.5, 0.6) is 0 Å². The summed E-state index contributed by atoms with van der Waals surface area (Å²) in [6.07, 6.45) is 7.00. The Morgan fingerprint density at radius 1 is 0.625 bits per heavy atom. The Hall–Kier alpha value is 0.289. The molecule has 0 unspecified atom stereocenters. The molecule has 3 rings (SSSR count). The summed E-state index contributed by atoms with van der Waals surface area (Å²) in [5, 5.41) is 0. The van der Waals surface area contributed by atoms with E-state index in [0.29, 0.717) is 0 Å². The van der Waals surface area contributed by atoms with Crippen LogP contribution in [0.15, 0.2) is 79.4 Å². The van der Waals surface area contributed by atoms with Gasteiger partial charge >= 0.3 is 64.5 Å². The average molecular weight is 838 g/mol. The molecule has 3 heterocycles. The molecule has 0 bridgehead atoms. The van der Waals surface area contributed by atoms with E-state index in [0.717, 1.165) is 11.4 Å². The Kier molecular flexibility index (Phi) is 18.3. The molecule has 0 saturated heterocycles. The van der Waals surface area contributed by atoms with Crippen LogP contribution in [0.2, 0.25) is 0 Å². The number of aryl methyl sites for hydroxylation is 2. The van der Waals surface area contributed by atoms with Crippen molar-refractivity contribution in [3.05, 3.63) is 90.8 Å². The van der Waals surface area contributed by atoms with Crippen molar-refractivity contribution in [3.63, 3.8) is 0 Å². The minimum absolute atomic E-state index is 0.423. The summed E-state index contributed by atoms with van der Waals surface area (Å²) in [4.78, 5) is 11.7. The molecule has 0 amide bonds. The number of pyridine rings is 3. The van der Waals surface area contributed by atoms with Crippen molar-refractivity contribution in [3.8, 4) is 0 Å². The third-order valence-electron chi connectivity index (χ3n) is 2.16. The summed E-state index contributed by atoms with van der Waals surface area (Å²) >= 11 is 7.45. The van der Waals surface area contributed by atoms with E-state index in [1.54, 1.807) is 24.8 Å². The summed E-state index contributed by atoms with van der Waals surface area (Å²) < 4.78 is 0. The zero-order valence-electron chi connectivity index (χ0n) is 13.3. The van der Waals surface area contributed by atoms with Crippen molar-refractivity contribution in [1.82, 2.24) is 15.0 Å². The van der Waals surface area contributed by atoms with Crippen LogP contribution in [0.3, 0.4) is 0 Å². The van der Waals surface area contributed by atoms with Crippen LogP contribution in [0.1, 0.15) is 11.4 Å². The molecule has 3 aromatic rings. The number of hydrogen-bond acceptors (Lipinski definition) is 3. The van der Waals surface area contributed by atoms with Gasteiger partial charge in [-0.05, 0) is 50.2 Å². The largest absolute Gasteiger partial charge is 0.265 e. The predicted molar refractivity (Wildman–Crippen MR) is 124 cm³/mol. The van der Waals surface area contributed by atoms with Crippen LogP contribution in [0.4, 0.5) is 0 Å². The van der Waals surface area contributed by atoms with Crippen LogP contribution in [0.25, 0.3) is 0 Å². The van der Waals surface area contributed by atoms with Gasteiger partial charge in [0.05, 0.1) is 0 Å². The van der Waals surface area contributed by atoms with Gasteiger partial charge in [-0.2, -0.15) is 0 Å². The maximum Gasteiger partial charge on any atom is 0.0267 e. The Balaban J connectivity index is 0.000000303.